The lowest BCUT2D eigenvalue weighted by molar-refractivity contribution is 0.0714. The number of anilines is 1. The van der Waals surface area contributed by atoms with Gasteiger partial charge in [-0.15, -0.1) is 0 Å². The van der Waals surface area contributed by atoms with E-state index < -0.39 is 0 Å². The number of nitrogens with one attached hydrogen (secondary N) is 1. The van der Waals surface area contributed by atoms with E-state index in [1.165, 1.54) is 12.1 Å². The molecule has 0 spiro atoms. The van der Waals surface area contributed by atoms with Gasteiger partial charge in [0, 0.05) is 43.6 Å². The van der Waals surface area contributed by atoms with Crippen LogP contribution < -0.4 is 5.32 Å². The van der Waals surface area contributed by atoms with E-state index >= 15 is 0 Å². The third kappa shape index (κ3) is 3.88. The average Bonchev–Trinajstić information content (AvgIpc) is 2.61. The van der Waals surface area contributed by atoms with Gasteiger partial charge in [-0.2, -0.15) is 0 Å². The van der Waals surface area contributed by atoms with E-state index in [-0.39, 0.29) is 17.8 Å². The van der Waals surface area contributed by atoms with Crippen LogP contribution in [0.4, 0.5) is 10.1 Å². The van der Waals surface area contributed by atoms with Crippen LogP contribution in [0, 0.1) is 5.82 Å². The summed E-state index contributed by atoms with van der Waals surface area (Å²) in [6, 6.07) is 6.51. The molecular formula is C18H21FN4O. The molecule has 6 heteroatoms. The van der Waals surface area contributed by atoms with Crippen molar-refractivity contribution in [3.63, 3.8) is 0 Å². The quantitative estimate of drug-likeness (QED) is 0.937. The molecular weight excluding hydrogens is 307 g/mol. The number of likely N-dealkylation sites (tertiary alicyclic amines) is 1. The Hall–Kier alpha value is -2.50. The summed E-state index contributed by atoms with van der Waals surface area (Å²) in [5, 5.41) is 3.31. The van der Waals surface area contributed by atoms with Crippen molar-refractivity contribution in [3.8, 4) is 0 Å². The molecule has 3 rings (SSSR count). The van der Waals surface area contributed by atoms with Crippen molar-refractivity contribution < 1.29 is 9.18 Å². The van der Waals surface area contributed by atoms with Crippen LogP contribution in [0.3, 0.4) is 0 Å². The first kappa shape index (κ1) is 16.4. The molecule has 2 heterocycles. The zero-order valence-corrected chi connectivity index (χ0v) is 13.7. The second kappa shape index (κ2) is 7.38. The van der Waals surface area contributed by atoms with E-state index in [1.807, 2.05) is 17.9 Å². The van der Waals surface area contributed by atoms with Crippen LogP contribution in [0.25, 0.3) is 0 Å². The lowest BCUT2D eigenvalue weighted by Crippen LogP contribution is -2.45. The highest BCUT2D eigenvalue weighted by Gasteiger charge is 2.24. The number of amides is 1. The van der Waals surface area contributed by atoms with Crippen molar-refractivity contribution in [1.82, 2.24) is 14.9 Å². The third-order valence-electron chi connectivity index (χ3n) is 4.17. The number of hydrogen-bond donors (Lipinski definition) is 1. The van der Waals surface area contributed by atoms with Gasteiger partial charge in [0.15, 0.2) is 0 Å². The summed E-state index contributed by atoms with van der Waals surface area (Å²) in [6.07, 6.45) is 5.80. The summed E-state index contributed by atoms with van der Waals surface area (Å²) >= 11 is 0. The highest BCUT2D eigenvalue weighted by molar-refractivity contribution is 5.93. The van der Waals surface area contributed by atoms with Crippen molar-refractivity contribution in [3.05, 3.63) is 53.9 Å². The number of piperidine rings is 1. The molecule has 0 unspecified atom stereocenters. The molecule has 0 saturated carbocycles. The molecule has 24 heavy (non-hydrogen) atoms. The van der Waals surface area contributed by atoms with Crippen molar-refractivity contribution in [1.29, 1.82) is 0 Å². The fourth-order valence-electron chi connectivity index (χ4n) is 2.92. The highest BCUT2D eigenvalue weighted by Crippen LogP contribution is 2.18. The number of aryl methyl sites for hydroxylation is 1. The summed E-state index contributed by atoms with van der Waals surface area (Å²) < 4.78 is 13.3. The number of carbonyl (C=O) groups excluding carboxylic acids is 1. The maximum absolute atomic E-state index is 13.3. The first-order chi connectivity index (χ1) is 11.7. The van der Waals surface area contributed by atoms with Gasteiger partial charge in [-0.3, -0.25) is 4.79 Å². The number of benzene rings is 1. The molecule has 1 aromatic carbocycles. The number of carbonyl (C=O) groups is 1. The van der Waals surface area contributed by atoms with Crippen molar-refractivity contribution in [2.45, 2.75) is 32.2 Å². The largest absolute Gasteiger partial charge is 0.380 e. The third-order valence-corrected chi connectivity index (χ3v) is 4.17. The van der Waals surface area contributed by atoms with Crippen LogP contribution in [0.1, 0.15) is 35.9 Å². The molecule has 1 aliphatic heterocycles. The second-order valence-electron chi connectivity index (χ2n) is 5.99. The first-order valence-electron chi connectivity index (χ1n) is 8.28. The van der Waals surface area contributed by atoms with Crippen LogP contribution in [-0.4, -0.2) is 39.9 Å². The van der Waals surface area contributed by atoms with Crippen LogP contribution >= 0.6 is 0 Å². The number of rotatable bonds is 4. The SMILES string of the molecule is CCc1ncc(C(=O)N2CCC[C@H](Nc3cccc(F)c3)C2)cn1. The van der Waals surface area contributed by atoms with Crippen LogP contribution in [0.15, 0.2) is 36.7 Å². The molecule has 1 aliphatic rings. The van der Waals surface area contributed by atoms with Crippen LogP contribution in [0.5, 0.6) is 0 Å². The van der Waals surface area contributed by atoms with Gasteiger partial charge in [-0.1, -0.05) is 13.0 Å². The fraction of sp³-hybridized carbons (Fsp3) is 0.389. The molecule has 1 atom stereocenters. The Morgan fingerprint density at radius 1 is 1.38 bits per heavy atom. The second-order valence-corrected chi connectivity index (χ2v) is 5.99. The number of halogens is 1. The minimum atomic E-state index is -0.267. The van der Waals surface area contributed by atoms with Crippen LogP contribution in [-0.2, 0) is 6.42 Å². The summed E-state index contributed by atoms with van der Waals surface area (Å²) in [5.74, 6) is 0.413. The molecule has 5 nitrogen and oxygen atoms in total. The van der Waals surface area contributed by atoms with Crippen molar-refractivity contribution in [2.24, 2.45) is 0 Å². The predicted octanol–water partition coefficient (Wildman–Crippen LogP) is 2.89. The number of hydrogen-bond acceptors (Lipinski definition) is 4. The summed E-state index contributed by atoms with van der Waals surface area (Å²) in [4.78, 5) is 22.8. The minimum Gasteiger partial charge on any atom is -0.380 e. The molecule has 1 aromatic heterocycles. The molecule has 1 N–H and O–H groups in total. The lowest BCUT2D eigenvalue weighted by Gasteiger charge is -2.33. The van der Waals surface area contributed by atoms with Gasteiger partial charge in [0.1, 0.15) is 11.6 Å². The normalized spacial score (nSPS) is 17.6. The van der Waals surface area contributed by atoms with E-state index in [0.717, 1.165) is 37.3 Å². The molecule has 2 aromatic rings. The van der Waals surface area contributed by atoms with Crippen molar-refractivity contribution >= 4 is 11.6 Å². The van der Waals surface area contributed by atoms with E-state index in [1.54, 1.807) is 18.5 Å². The Balaban J connectivity index is 1.64. The number of nitrogens with zero attached hydrogens (tertiary/aromatic N) is 3. The monoisotopic (exact) mass is 328 g/mol. The highest BCUT2D eigenvalue weighted by atomic mass is 19.1. The van der Waals surface area contributed by atoms with Gasteiger partial charge in [-0.25, -0.2) is 14.4 Å². The Morgan fingerprint density at radius 2 is 2.17 bits per heavy atom. The van der Waals surface area contributed by atoms with E-state index in [2.05, 4.69) is 15.3 Å². The summed E-state index contributed by atoms with van der Waals surface area (Å²) in [5.41, 5.74) is 1.25. The fourth-order valence-corrected chi connectivity index (χ4v) is 2.92. The van der Waals surface area contributed by atoms with E-state index in [0.29, 0.717) is 12.1 Å². The first-order valence-corrected chi connectivity index (χ1v) is 8.28. The Labute approximate surface area is 140 Å². The molecule has 1 saturated heterocycles. The zero-order valence-electron chi connectivity index (χ0n) is 13.7. The topological polar surface area (TPSA) is 58.1 Å². The maximum Gasteiger partial charge on any atom is 0.257 e. The average molecular weight is 328 g/mol. The Morgan fingerprint density at radius 3 is 2.88 bits per heavy atom. The number of aromatic nitrogens is 2. The van der Waals surface area contributed by atoms with Crippen LogP contribution in [0.2, 0.25) is 0 Å². The van der Waals surface area contributed by atoms with Gasteiger partial charge in [0.05, 0.1) is 5.56 Å². The van der Waals surface area contributed by atoms with Gasteiger partial charge in [0.25, 0.3) is 5.91 Å². The Kier molecular flexibility index (Phi) is 5.03. The molecule has 0 radical (unpaired) electrons. The van der Waals surface area contributed by atoms with Crippen molar-refractivity contribution in [2.75, 3.05) is 18.4 Å². The van der Waals surface area contributed by atoms with Gasteiger partial charge in [0.2, 0.25) is 0 Å². The van der Waals surface area contributed by atoms with Gasteiger partial charge >= 0.3 is 0 Å². The molecule has 0 aliphatic carbocycles. The molecule has 126 valence electrons. The Bertz CT molecular complexity index is 704. The predicted molar refractivity (Wildman–Crippen MR) is 90.4 cm³/mol. The van der Waals surface area contributed by atoms with Gasteiger partial charge < -0.3 is 10.2 Å². The molecule has 1 amide bonds. The van der Waals surface area contributed by atoms with E-state index in [9.17, 15) is 9.18 Å². The minimum absolute atomic E-state index is 0.0524. The van der Waals surface area contributed by atoms with Gasteiger partial charge in [-0.05, 0) is 31.0 Å². The maximum atomic E-state index is 13.3. The smallest absolute Gasteiger partial charge is 0.257 e. The molecule has 0 bridgehead atoms. The molecule has 1 fully saturated rings. The summed E-state index contributed by atoms with van der Waals surface area (Å²) in [7, 11) is 0. The van der Waals surface area contributed by atoms with E-state index in [4.69, 9.17) is 0 Å². The standard InChI is InChI=1S/C18H21FN4O/c1-2-17-20-10-13(11-21-17)18(24)23-8-4-7-16(12-23)22-15-6-3-5-14(19)9-15/h3,5-6,9-11,16,22H,2,4,7-8,12H2,1H3/t16-/m0/s1. The lowest BCUT2D eigenvalue weighted by atomic mass is 10.0. The summed E-state index contributed by atoms with van der Waals surface area (Å²) in [6.45, 7) is 3.28. The zero-order chi connectivity index (χ0) is 16.9.